The van der Waals surface area contributed by atoms with Gasteiger partial charge in [-0.25, -0.2) is 0 Å². The summed E-state index contributed by atoms with van der Waals surface area (Å²) in [5.74, 6) is 0. The molecule has 2 aromatic rings. The van der Waals surface area contributed by atoms with Gasteiger partial charge in [-0.15, -0.1) is 0 Å². The molecule has 0 aliphatic rings. The van der Waals surface area contributed by atoms with Crippen molar-refractivity contribution in [1.29, 1.82) is 0 Å². The van der Waals surface area contributed by atoms with E-state index in [1.165, 1.54) is 0 Å². The summed E-state index contributed by atoms with van der Waals surface area (Å²) in [5, 5.41) is 19.3. The molecule has 2 rings (SSSR count). The lowest BCUT2D eigenvalue weighted by atomic mass is 10.0. The van der Waals surface area contributed by atoms with Gasteiger partial charge in [0.05, 0.1) is 29.7 Å². The van der Waals surface area contributed by atoms with Crippen molar-refractivity contribution in [3.05, 3.63) is 34.4 Å². The van der Waals surface area contributed by atoms with Gasteiger partial charge in [0.15, 0.2) is 0 Å². The van der Waals surface area contributed by atoms with Gasteiger partial charge < -0.3 is 5.11 Å². The Morgan fingerprint density at radius 2 is 1.86 bits per heavy atom. The van der Waals surface area contributed by atoms with E-state index in [4.69, 9.17) is 5.10 Å². The van der Waals surface area contributed by atoms with Crippen LogP contribution in [0.15, 0.2) is 6.07 Å². The Morgan fingerprint density at radius 1 is 1.14 bits per heavy atom. The van der Waals surface area contributed by atoms with Gasteiger partial charge in [0.25, 0.3) is 0 Å². The first-order valence-corrected chi connectivity index (χ1v) is 7.81. The van der Waals surface area contributed by atoms with E-state index in [-0.39, 0.29) is 0 Å². The molecule has 0 amide bonds. The summed E-state index contributed by atoms with van der Waals surface area (Å²) in [7, 11) is 0. The number of hydrogen-bond donors (Lipinski definition) is 1. The molecule has 1 N–H and O–H groups in total. The highest BCUT2D eigenvalue weighted by Crippen LogP contribution is 2.24. The van der Waals surface area contributed by atoms with E-state index in [1.807, 2.05) is 23.2 Å². The van der Waals surface area contributed by atoms with Crippen LogP contribution in [0, 0.1) is 6.92 Å². The largest absolute Gasteiger partial charge is 0.389 e. The first-order valence-electron chi connectivity index (χ1n) is 7.81. The molecule has 2 aromatic heterocycles. The average molecular weight is 290 g/mol. The third-order valence-electron chi connectivity index (χ3n) is 3.86. The topological polar surface area (TPSA) is 55.9 Å². The number of rotatable bonds is 6. The molecule has 0 spiro atoms. The molecule has 0 bridgehead atoms. The van der Waals surface area contributed by atoms with Crippen molar-refractivity contribution >= 4 is 0 Å². The van der Waals surface area contributed by atoms with Gasteiger partial charge in [-0.05, 0) is 39.7 Å². The molecule has 0 saturated carbocycles. The number of nitrogens with zero attached hydrogens (tertiary/aromatic N) is 4. The van der Waals surface area contributed by atoms with Crippen molar-refractivity contribution in [3.63, 3.8) is 0 Å². The number of aryl methyl sites for hydroxylation is 3. The second-order valence-electron chi connectivity index (χ2n) is 5.44. The molecule has 0 aromatic carbocycles. The minimum atomic E-state index is -0.471. The molecule has 116 valence electrons. The van der Waals surface area contributed by atoms with Crippen molar-refractivity contribution in [1.82, 2.24) is 19.6 Å². The van der Waals surface area contributed by atoms with Crippen LogP contribution >= 0.6 is 0 Å². The normalized spacial score (nSPS) is 12.9. The predicted molar refractivity (Wildman–Crippen MR) is 83.4 cm³/mol. The van der Waals surface area contributed by atoms with Gasteiger partial charge in [-0.3, -0.25) is 9.36 Å². The maximum Gasteiger partial charge on any atom is 0.0831 e. The first kappa shape index (κ1) is 15.8. The molecule has 1 atom stereocenters. The maximum atomic E-state index is 10.1. The zero-order chi connectivity index (χ0) is 15.6. The van der Waals surface area contributed by atoms with E-state index >= 15 is 0 Å². The number of aromatic nitrogens is 4. The van der Waals surface area contributed by atoms with Crippen molar-refractivity contribution in [2.45, 2.75) is 66.7 Å². The number of aliphatic hydroxyl groups excluding tert-OH is 1. The van der Waals surface area contributed by atoms with E-state index < -0.39 is 6.10 Å². The zero-order valence-electron chi connectivity index (χ0n) is 13.7. The Morgan fingerprint density at radius 3 is 2.38 bits per heavy atom. The third-order valence-corrected chi connectivity index (χ3v) is 3.86. The minimum Gasteiger partial charge on any atom is -0.389 e. The van der Waals surface area contributed by atoms with Crippen LogP contribution in [-0.2, 0) is 25.9 Å². The van der Waals surface area contributed by atoms with Crippen molar-refractivity contribution in [2.24, 2.45) is 0 Å². The second kappa shape index (κ2) is 6.43. The minimum absolute atomic E-state index is 0.471. The molecule has 0 aliphatic carbocycles. The Labute approximate surface area is 126 Å². The Kier molecular flexibility index (Phi) is 4.83. The van der Waals surface area contributed by atoms with Gasteiger partial charge in [0, 0.05) is 17.8 Å². The van der Waals surface area contributed by atoms with E-state index in [9.17, 15) is 5.11 Å². The SMILES string of the molecule is CCc1nn(Cc2cc(C)nn2CC)c(CC)c1C(C)O. The molecule has 0 fully saturated rings. The lowest BCUT2D eigenvalue weighted by Gasteiger charge is -2.10. The molecule has 0 aliphatic heterocycles. The highest BCUT2D eigenvalue weighted by Gasteiger charge is 2.20. The summed E-state index contributed by atoms with van der Waals surface area (Å²) >= 11 is 0. The quantitative estimate of drug-likeness (QED) is 0.890. The molecule has 0 saturated heterocycles. The lowest BCUT2D eigenvalue weighted by Crippen LogP contribution is -2.12. The highest BCUT2D eigenvalue weighted by atomic mass is 16.3. The fourth-order valence-electron chi connectivity index (χ4n) is 2.97. The van der Waals surface area contributed by atoms with Crippen LogP contribution in [0.3, 0.4) is 0 Å². The molecule has 5 heteroatoms. The predicted octanol–water partition coefficient (Wildman–Crippen LogP) is 2.63. The number of hydrogen-bond acceptors (Lipinski definition) is 3. The maximum absolute atomic E-state index is 10.1. The number of aliphatic hydroxyl groups is 1. The van der Waals surface area contributed by atoms with Crippen LogP contribution in [0.2, 0.25) is 0 Å². The average Bonchev–Trinajstić information content (AvgIpc) is 2.98. The zero-order valence-corrected chi connectivity index (χ0v) is 13.7. The third kappa shape index (κ3) is 3.02. The van der Waals surface area contributed by atoms with Crippen LogP contribution in [0.1, 0.15) is 62.1 Å². The van der Waals surface area contributed by atoms with Crippen molar-refractivity contribution in [3.8, 4) is 0 Å². The molecule has 1 unspecified atom stereocenters. The fraction of sp³-hybridized carbons (Fsp3) is 0.625. The summed E-state index contributed by atoms with van der Waals surface area (Å²) in [6.45, 7) is 11.7. The Bertz CT molecular complexity index is 610. The molecule has 0 radical (unpaired) electrons. The van der Waals surface area contributed by atoms with Gasteiger partial charge in [0.1, 0.15) is 0 Å². The van der Waals surface area contributed by atoms with Gasteiger partial charge in [-0.2, -0.15) is 10.2 Å². The molecular weight excluding hydrogens is 264 g/mol. The second-order valence-corrected chi connectivity index (χ2v) is 5.44. The van der Waals surface area contributed by atoms with Gasteiger partial charge >= 0.3 is 0 Å². The van der Waals surface area contributed by atoms with E-state index in [0.717, 1.165) is 47.7 Å². The summed E-state index contributed by atoms with van der Waals surface area (Å²) in [6.07, 6.45) is 1.24. The van der Waals surface area contributed by atoms with Gasteiger partial charge in [-0.1, -0.05) is 13.8 Å². The summed E-state index contributed by atoms with van der Waals surface area (Å²) in [4.78, 5) is 0. The first-order chi connectivity index (χ1) is 10.0. The van der Waals surface area contributed by atoms with Gasteiger partial charge in [0.2, 0.25) is 0 Å². The summed E-state index contributed by atoms with van der Waals surface area (Å²) in [5.41, 5.74) is 5.32. The molecule has 21 heavy (non-hydrogen) atoms. The Balaban J connectivity index is 2.44. The van der Waals surface area contributed by atoms with Crippen LogP contribution in [0.5, 0.6) is 0 Å². The molecule has 2 heterocycles. The van der Waals surface area contributed by atoms with Crippen LogP contribution in [0.25, 0.3) is 0 Å². The van der Waals surface area contributed by atoms with Crippen LogP contribution in [-0.4, -0.2) is 24.7 Å². The summed E-state index contributed by atoms with van der Waals surface area (Å²) < 4.78 is 4.05. The van der Waals surface area contributed by atoms with Crippen molar-refractivity contribution < 1.29 is 5.11 Å². The highest BCUT2D eigenvalue weighted by molar-refractivity contribution is 5.29. The summed E-state index contributed by atoms with van der Waals surface area (Å²) in [6, 6.07) is 2.11. The Hall–Kier alpha value is -1.62. The van der Waals surface area contributed by atoms with Crippen molar-refractivity contribution in [2.75, 3.05) is 0 Å². The van der Waals surface area contributed by atoms with Crippen LogP contribution in [0.4, 0.5) is 0 Å². The fourth-order valence-corrected chi connectivity index (χ4v) is 2.97. The molecule has 5 nitrogen and oxygen atoms in total. The van der Waals surface area contributed by atoms with Crippen LogP contribution < -0.4 is 0 Å². The molecular formula is C16H26N4O. The monoisotopic (exact) mass is 290 g/mol. The smallest absolute Gasteiger partial charge is 0.0831 e. The van der Waals surface area contributed by atoms with E-state index in [0.29, 0.717) is 6.54 Å². The van der Waals surface area contributed by atoms with E-state index in [2.05, 4.69) is 31.9 Å². The lowest BCUT2D eigenvalue weighted by molar-refractivity contribution is 0.197. The van der Waals surface area contributed by atoms with E-state index in [1.54, 1.807) is 0 Å². The standard InChI is InChI=1S/C16H26N4O/c1-6-14-16(12(5)21)15(7-2)20(18-14)10-13-9-11(4)17-19(13)8-3/h9,12,21H,6-8,10H2,1-5H3.